The molecule has 1 rings (SSSR count). The number of hydrogen-bond acceptors (Lipinski definition) is 2. The van der Waals surface area contributed by atoms with Gasteiger partial charge in [-0.05, 0) is 25.8 Å². The number of carbonyl (C=O) groups is 1. The minimum atomic E-state index is -4.23. The number of piperidine rings is 1. The first-order valence-corrected chi connectivity index (χ1v) is 5.70. The molecular formula is C11H18F3NO. The normalized spacial score (nSPS) is 26.8. The lowest BCUT2D eigenvalue weighted by Gasteiger charge is -2.35. The lowest BCUT2D eigenvalue weighted by molar-refractivity contribution is -0.148. The van der Waals surface area contributed by atoms with Crippen molar-refractivity contribution in [3.63, 3.8) is 0 Å². The maximum atomic E-state index is 12.0. The molecular weight excluding hydrogens is 219 g/mol. The Labute approximate surface area is 93.6 Å². The van der Waals surface area contributed by atoms with Crippen molar-refractivity contribution < 1.29 is 18.0 Å². The maximum absolute atomic E-state index is 12.0. The van der Waals surface area contributed by atoms with Crippen LogP contribution in [0, 0.1) is 5.41 Å². The van der Waals surface area contributed by atoms with Gasteiger partial charge in [0.1, 0.15) is 5.78 Å². The third-order valence-electron chi connectivity index (χ3n) is 3.38. The van der Waals surface area contributed by atoms with E-state index in [9.17, 15) is 18.0 Å². The molecule has 1 atom stereocenters. The van der Waals surface area contributed by atoms with E-state index in [2.05, 4.69) is 5.32 Å². The fraction of sp³-hybridized carbons (Fsp3) is 0.909. The molecule has 0 spiro atoms. The molecule has 5 heteroatoms. The summed E-state index contributed by atoms with van der Waals surface area (Å²) in [6.07, 6.45) is -3.39. The van der Waals surface area contributed by atoms with Crippen LogP contribution in [0.15, 0.2) is 0 Å². The SMILES string of the molecule is CCC1(C(=O)CCC(F)(F)F)CCCNC1. The topological polar surface area (TPSA) is 29.1 Å². The Morgan fingerprint density at radius 3 is 2.56 bits per heavy atom. The van der Waals surface area contributed by atoms with Gasteiger partial charge in [-0.15, -0.1) is 0 Å². The van der Waals surface area contributed by atoms with Gasteiger partial charge in [0.05, 0.1) is 6.42 Å². The minimum absolute atomic E-state index is 0.237. The lowest BCUT2D eigenvalue weighted by Crippen LogP contribution is -2.45. The van der Waals surface area contributed by atoms with Crippen molar-refractivity contribution in [2.45, 2.75) is 45.2 Å². The largest absolute Gasteiger partial charge is 0.389 e. The maximum Gasteiger partial charge on any atom is 0.389 e. The highest BCUT2D eigenvalue weighted by molar-refractivity contribution is 5.85. The standard InChI is InChI=1S/C11H18F3NO/c1-2-10(5-3-7-15-8-10)9(16)4-6-11(12,13)14/h15H,2-8H2,1H3. The fourth-order valence-corrected chi connectivity index (χ4v) is 2.23. The number of ketones is 1. The predicted octanol–water partition coefficient (Wildman–Crippen LogP) is 2.68. The first kappa shape index (κ1) is 13.5. The zero-order valence-electron chi connectivity index (χ0n) is 9.49. The number of nitrogens with one attached hydrogen (secondary N) is 1. The molecule has 16 heavy (non-hydrogen) atoms. The summed E-state index contributed by atoms with van der Waals surface area (Å²) >= 11 is 0. The van der Waals surface area contributed by atoms with Gasteiger partial charge >= 0.3 is 6.18 Å². The molecule has 0 aliphatic carbocycles. The Bertz CT molecular complexity index is 244. The first-order valence-electron chi connectivity index (χ1n) is 5.70. The molecule has 0 aromatic rings. The molecule has 0 aromatic carbocycles. The van der Waals surface area contributed by atoms with Crippen LogP contribution in [0.5, 0.6) is 0 Å². The van der Waals surface area contributed by atoms with Crippen LogP contribution in [0.25, 0.3) is 0 Å². The van der Waals surface area contributed by atoms with E-state index >= 15 is 0 Å². The second kappa shape index (κ2) is 5.17. The van der Waals surface area contributed by atoms with Crippen LogP contribution < -0.4 is 5.32 Å². The highest BCUT2D eigenvalue weighted by Gasteiger charge is 2.39. The summed E-state index contributed by atoms with van der Waals surface area (Å²) in [7, 11) is 0. The molecule has 0 saturated carbocycles. The van der Waals surface area contributed by atoms with Crippen LogP contribution >= 0.6 is 0 Å². The molecule has 1 N–H and O–H groups in total. The van der Waals surface area contributed by atoms with E-state index in [-0.39, 0.29) is 12.2 Å². The number of halogens is 3. The van der Waals surface area contributed by atoms with Crippen molar-refractivity contribution >= 4 is 5.78 Å². The molecule has 1 unspecified atom stereocenters. The average Bonchev–Trinajstić information content (AvgIpc) is 2.25. The number of hydrogen-bond donors (Lipinski definition) is 1. The third kappa shape index (κ3) is 3.47. The zero-order valence-corrected chi connectivity index (χ0v) is 9.49. The number of rotatable bonds is 4. The molecule has 1 saturated heterocycles. The van der Waals surface area contributed by atoms with Gasteiger partial charge in [0.25, 0.3) is 0 Å². The molecule has 0 aromatic heterocycles. The fourth-order valence-electron chi connectivity index (χ4n) is 2.23. The van der Waals surface area contributed by atoms with Crippen molar-refractivity contribution in [2.75, 3.05) is 13.1 Å². The molecule has 1 heterocycles. The summed E-state index contributed by atoms with van der Waals surface area (Å²) in [5.41, 5.74) is -0.552. The van der Waals surface area contributed by atoms with Gasteiger partial charge in [0, 0.05) is 18.4 Å². The van der Waals surface area contributed by atoms with E-state index in [0.29, 0.717) is 19.4 Å². The number of carbonyl (C=O) groups excluding carboxylic acids is 1. The second-order valence-electron chi connectivity index (χ2n) is 4.45. The van der Waals surface area contributed by atoms with Crippen LogP contribution in [-0.4, -0.2) is 25.0 Å². The Morgan fingerprint density at radius 1 is 1.44 bits per heavy atom. The van der Waals surface area contributed by atoms with Crippen molar-refractivity contribution in [2.24, 2.45) is 5.41 Å². The monoisotopic (exact) mass is 237 g/mol. The second-order valence-corrected chi connectivity index (χ2v) is 4.45. The molecule has 1 aliphatic rings. The number of alkyl halides is 3. The molecule has 1 aliphatic heterocycles. The highest BCUT2D eigenvalue weighted by Crippen LogP contribution is 2.34. The van der Waals surface area contributed by atoms with E-state index in [1.165, 1.54) is 0 Å². The van der Waals surface area contributed by atoms with Gasteiger partial charge in [-0.2, -0.15) is 13.2 Å². The van der Waals surface area contributed by atoms with E-state index in [0.717, 1.165) is 13.0 Å². The van der Waals surface area contributed by atoms with Crippen molar-refractivity contribution in [1.82, 2.24) is 5.32 Å². The van der Waals surface area contributed by atoms with Gasteiger partial charge < -0.3 is 5.32 Å². The molecule has 0 bridgehead atoms. The van der Waals surface area contributed by atoms with E-state index in [4.69, 9.17) is 0 Å². The van der Waals surface area contributed by atoms with Crippen LogP contribution in [-0.2, 0) is 4.79 Å². The number of Topliss-reactive ketones (excluding diaryl/α,β-unsaturated/α-hetero) is 1. The summed E-state index contributed by atoms with van der Waals surface area (Å²) < 4.78 is 36.1. The van der Waals surface area contributed by atoms with Gasteiger partial charge in [0.2, 0.25) is 0 Å². The van der Waals surface area contributed by atoms with Crippen molar-refractivity contribution in [3.05, 3.63) is 0 Å². The molecule has 2 nitrogen and oxygen atoms in total. The molecule has 0 radical (unpaired) electrons. The summed E-state index contributed by atoms with van der Waals surface area (Å²) in [6.45, 7) is 3.26. The van der Waals surface area contributed by atoms with Crippen LogP contribution in [0.4, 0.5) is 13.2 Å². The zero-order chi connectivity index (χ0) is 12.2. The van der Waals surface area contributed by atoms with Gasteiger partial charge in [-0.3, -0.25) is 4.79 Å². The van der Waals surface area contributed by atoms with Gasteiger partial charge in [-0.1, -0.05) is 6.92 Å². The Kier molecular flexibility index (Phi) is 4.35. The summed E-state index contributed by atoms with van der Waals surface area (Å²) in [5.74, 6) is -0.237. The molecule has 0 amide bonds. The summed E-state index contributed by atoms with van der Waals surface area (Å²) in [5, 5.41) is 3.10. The predicted molar refractivity (Wildman–Crippen MR) is 55.1 cm³/mol. The van der Waals surface area contributed by atoms with Crippen LogP contribution in [0.1, 0.15) is 39.0 Å². The lowest BCUT2D eigenvalue weighted by atomic mass is 9.73. The van der Waals surface area contributed by atoms with E-state index in [1.807, 2.05) is 6.92 Å². The molecule has 94 valence electrons. The highest BCUT2D eigenvalue weighted by atomic mass is 19.4. The first-order chi connectivity index (χ1) is 7.40. The minimum Gasteiger partial charge on any atom is -0.316 e. The van der Waals surface area contributed by atoms with Crippen molar-refractivity contribution in [1.29, 1.82) is 0 Å². The quantitative estimate of drug-likeness (QED) is 0.814. The third-order valence-corrected chi connectivity index (χ3v) is 3.38. The van der Waals surface area contributed by atoms with Gasteiger partial charge in [0.15, 0.2) is 0 Å². The van der Waals surface area contributed by atoms with E-state index in [1.54, 1.807) is 0 Å². The molecule has 1 fully saturated rings. The summed E-state index contributed by atoms with van der Waals surface area (Å²) in [4.78, 5) is 11.9. The van der Waals surface area contributed by atoms with Crippen molar-refractivity contribution in [3.8, 4) is 0 Å². The smallest absolute Gasteiger partial charge is 0.316 e. The van der Waals surface area contributed by atoms with Crippen LogP contribution in [0.2, 0.25) is 0 Å². The van der Waals surface area contributed by atoms with E-state index < -0.39 is 18.0 Å². The van der Waals surface area contributed by atoms with Gasteiger partial charge in [-0.25, -0.2) is 0 Å². The van der Waals surface area contributed by atoms with Crippen LogP contribution in [0.3, 0.4) is 0 Å². The average molecular weight is 237 g/mol. The Balaban J connectivity index is 2.55. The Morgan fingerprint density at radius 2 is 2.12 bits per heavy atom. The summed E-state index contributed by atoms with van der Waals surface area (Å²) in [6, 6.07) is 0. The Hall–Kier alpha value is -0.580.